The quantitative estimate of drug-likeness (QED) is 0.494. The molecular weight excluding hydrogens is 310 g/mol. The first kappa shape index (κ1) is 15.3. The highest BCUT2D eigenvalue weighted by Gasteiger charge is 2.14. The summed E-state index contributed by atoms with van der Waals surface area (Å²) in [6.07, 6.45) is 0. The average molecular weight is 327 g/mol. The summed E-state index contributed by atoms with van der Waals surface area (Å²) in [6, 6.07) is 23.5. The molecule has 4 rings (SSSR count). The normalized spacial score (nSPS) is 10.9. The SMILES string of the molecule is Cc1cc(C(=O)OCc2cccc3ccccc23)c2ccccc2n1. The summed E-state index contributed by atoms with van der Waals surface area (Å²) in [7, 11) is 0. The molecule has 3 aromatic carbocycles. The third-order valence-electron chi connectivity index (χ3n) is 4.30. The van der Waals surface area contributed by atoms with Gasteiger partial charge in [0.15, 0.2) is 0 Å². The first-order valence-electron chi connectivity index (χ1n) is 8.22. The van der Waals surface area contributed by atoms with Crippen LogP contribution in [0, 0.1) is 6.92 Å². The number of carbonyl (C=O) groups excluding carboxylic acids is 1. The van der Waals surface area contributed by atoms with Gasteiger partial charge in [0.25, 0.3) is 0 Å². The van der Waals surface area contributed by atoms with E-state index in [4.69, 9.17) is 4.74 Å². The van der Waals surface area contributed by atoms with Crippen molar-refractivity contribution in [2.75, 3.05) is 0 Å². The molecule has 0 saturated carbocycles. The van der Waals surface area contributed by atoms with Gasteiger partial charge in [-0.3, -0.25) is 4.98 Å². The minimum Gasteiger partial charge on any atom is -0.457 e. The highest BCUT2D eigenvalue weighted by molar-refractivity contribution is 6.03. The summed E-state index contributed by atoms with van der Waals surface area (Å²) in [6.45, 7) is 2.13. The molecule has 0 atom stereocenters. The maximum absolute atomic E-state index is 12.7. The Bertz CT molecular complexity index is 1080. The Labute approximate surface area is 145 Å². The summed E-state index contributed by atoms with van der Waals surface area (Å²) in [5, 5.41) is 3.06. The lowest BCUT2D eigenvalue weighted by molar-refractivity contribution is 0.0476. The molecule has 0 spiro atoms. The molecule has 0 amide bonds. The Morgan fingerprint density at radius 3 is 2.52 bits per heavy atom. The molecule has 1 aromatic heterocycles. The Morgan fingerprint density at radius 2 is 1.64 bits per heavy atom. The minimum atomic E-state index is -0.324. The number of fused-ring (bicyclic) bond motifs is 2. The number of hydrogen-bond donors (Lipinski definition) is 0. The van der Waals surface area contributed by atoms with Gasteiger partial charge >= 0.3 is 5.97 Å². The van der Waals surface area contributed by atoms with E-state index in [1.165, 1.54) is 0 Å². The number of rotatable bonds is 3. The number of hydrogen-bond acceptors (Lipinski definition) is 3. The highest BCUT2D eigenvalue weighted by atomic mass is 16.5. The Hall–Kier alpha value is -3.20. The van der Waals surface area contributed by atoms with Gasteiger partial charge in [-0.25, -0.2) is 4.79 Å². The van der Waals surface area contributed by atoms with Gasteiger partial charge in [0.05, 0.1) is 11.1 Å². The van der Waals surface area contributed by atoms with E-state index in [2.05, 4.69) is 17.1 Å². The fraction of sp³-hybridized carbons (Fsp3) is 0.0909. The van der Waals surface area contributed by atoms with Crippen molar-refractivity contribution in [3.05, 3.63) is 89.6 Å². The van der Waals surface area contributed by atoms with Crippen molar-refractivity contribution in [2.24, 2.45) is 0 Å². The molecule has 4 aromatic rings. The van der Waals surface area contributed by atoms with Gasteiger partial charge in [-0.2, -0.15) is 0 Å². The third kappa shape index (κ3) is 2.96. The van der Waals surface area contributed by atoms with Gasteiger partial charge in [0.2, 0.25) is 0 Å². The molecule has 0 aliphatic heterocycles. The number of nitrogens with zero attached hydrogens (tertiary/aromatic N) is 1. The third-order valence-corrected chi connectivity index (χ3v) is 4.30. The van der Waals surface area contributed by atoms with E-state index in [0.717, 1.165) is 32.9 Å². The molecule has 1 heterocycles. The molecule has 0 bridgehead atoms. The second-order valence-corrected chi connectivity index (χ2v) is 6.04. The predicted octanol–water partition coefficient (Wildman–Crippen LogP) is 5.05. The van der Waals surface area contributed by atoms with Crippen LogP contribution in [0.25, 0.3) is 21.7 Å². The summed E-state index contributed by atoms with van der Waals surface area (Å²) >= 11 is 0. The number of carbonyl (C=O) groups is 1. The fourth-order valence-corrected chi connectivity index (χ4v) is 3.12. The topological polar surface area (TPSA) is 39.2 Å². The van der Waals surface area contributed by atoms with Gasteiger partial charge in [-0.05, 0) is 35.4 Å². The van der Waals surface area contributed by atoms with Crippen LogP contribution in [0.3, 0.4) is 0 Å². The van der Waals surface area contributed by atoms with E-state index in [0.29, 0.717) is 5.56 Å². The highest BCUT2D eigenvalue weighted by Crippen LogP contribution is 2.22. The van der Waals surface area contributed by atoms with Gasteiger partial charge in [0, 0.05) is 11.1 Å². The number of benzene rings is 3. The van der Waals surface area contributed by atoms with Crippen LogP contribution >= 0.6 is 0 Å². The monoisotopic (exact) mass is 327 g/mol. The Morgan fingerprint density at radius 1 is 0.920 bits per heavy atom. The molecule has 0 saturated heterocycles. The van der Waals surface area contributed by atoms with E-state index in [1.807, 2.05) is 61.5 Å². The summed E-state index contributed by atoms with van der Waals surface area (Å²) < 4.78 is 5.62. The average Bonchev–Trinajstić information content (AvgIpc) is 2.65. The van der Waals surface area contributed by atoms with Crippen LogP contribution in [-0.2, 0) is 11.3 Å². The van der Waals surface area contributed by atoms with Gasteiger partial charge in [-0.1, -0.05) is 60.7 Å². The van der Waals surface area contributed by atoms with Crippen molar-refractivity contribution < 1.29 is 9.53 Å². The minimum absolute atomic E-state index is 0.246. The lowest BCUT2D eigenvalue weighted by atomic mass is 10.1. The lowest BCUT2D eigenvalue weighted by Crippen LogP contribution is -2.07. The van der Waals surface area contributed by atoms with Crippen molar-refractivity contribution in [3.8, 4) is 0 Å². The Balaban J connectivity index is 1.65. The molecule has 0 aliphatic rings. The number of aromatic nitrogens is 1. The first-order valence-corrected chi connectivity index (χ1v) is 8.22. The van der Waals surface area contributed by atoms with Crippen molar-refractivity contribution >= 4 is 27.6 Å². The maximum Gasteiger partial charge on any atom is 0.339 e. The van der Waals surface area contributed by atoms with E-state index in [9.17, 15) is 4.79 Å². The van der Waals surface area contributed by atoms with Crippen molar-refractivity contribution in [1.82, 2.24) is 4.98 Å². The van der Waals surface area contributed by atoms with Crippen LogP contribution in [0.2, 0.25) is 0 Å². The molecule has 0 unspecified atom stereocenters. The van der Waals surface area contributed by atoms with Gasteiger partial charge in [0.1, 0.15) is 6.61 Å². The second kappa shape index (κ2) is 6.36. The van der Waals surface area contributed by atoms with E-state index in [-0.39, 0.29) is 12.6 Å². The van der Waals surface area contributed by atoms with Crippen LogP contribution < -0.4 is 0 Å². The van der Waals surface area contributed by atoms with E-state index >= 15 is 0 Å². The first-order chi connectivity index (χ1) is 12.2. The van der Waals surface area contributed by atoms with E-state index in [1.54, 1.807) is 6.07 Å². The lowest BCUT2D eigenvalue weighted by Gasteiger charge is -2.10. The number of aryl methyl sites for hydroxylation is 1. The summed E-state index contributed by atoms with van der Waals surface area (Å²) in [5.74, 6) is -0.324. The molecule has 0 fully saturated rings. The molecule has 0 N–H and O–H groups in total. The molecular formula is C22H17NO2. The van der Waals surface area contributed by atoms with Crippen LogP contribution in [0.15, 0.2) is 72.8 Å². The van der Waals surface area contributed by atoms with Crippen LogP contribution in [-0.4, -0.2) is 11.0 Å². The van der Waals surface area contributed by atoms with Gasteiger partial charge in [-0.15, -0.1) is 0 Å². The fourth-order valence-electron chi connectivity index (χ4n) is 3.12. The van der Waals surface area contributed by atoms with Crippen LogP contribution in [0.4, 0.5) is 0 Å². The number of esters is 1. The largest absolute Gasteiger partial charge is 0.457 e. The Kier molecular flexibility index (Phi) is 3.90. The summed E-state index contributed by atoms with van der Waals surface area (Å²) in [5.41, 5.74) is 3.17. The molecule has 3 heteroatoms. The zero-order valence-electron chi connectivity index (χ0n) is 13.9. The van der Waals surface area contributed by atoms with Crippen molar-refractivity contribution in [1.29, 1.82) is 0 Å². The van der Waals surface area contributed by atoms with Gasteiger partial charge < -0.3 is 4.74 Å². The molecule has 0 aliphatic carbocycles. The summed E-state index contributed by atoms with van der Waals surface area (Å²) in [4.78, 5) is 17.1. The molecule has 122 valence electrons. The van der Waals surface area contributed by atoms with Crippen molar-refractivity contribution in [3.63, 3.8) is 0 Å². The second-order valence-electron chi connectivity index (χ2n) is 6.04. The number of ether oxygens (including phenoxy) is 1. The number of pyridine rings is 1. The van der Waals surface area contributed by atoms with E-state index < -0.39 is 0 Å². The molecule has 0 radical (unpaired) electrons. The van der Waals surface area contributed by atoms with Crippen molar-refractivity contribution in [2.45, 2.75) is 13.5 Å². The zero-order chi connectivity index (χ0) is 17.2. The zero-order valence-corrected chi connectivity index (χ0v) is 13.9. The predicted molar refractivity (Wildman–Crippen MR) is 99.5 cm³/mol. The standard InChI is InChI=1S/C22H17NO2/c1-15-13-20(19-11-4-5-12-21(19)23-15)22(24)25-14-17-9-6-8-16-7-2-3-10-18(16)17/h2-13H,14H2,1H3. The van der Waals surface area contributed by atoms with Crippen LogP contribution in [0.5, 0.6) is 0 Å². The maximum atomic E-state index is 12.7. The molecule has 3 nitrogen and oxygen atoms in total. The van der Waals surface area contributed by atoms with Crippen LogP contribution in [0.1, 0.15) is 21.6 Å². The number of para-hydroxylation sites is 1. The molecule has 25 heavy (non-hydrogen) atoms. The smallest absolute Gasteiger partial charge is 0.339 e.